The maximum Gasteiger partial charge on any atom is 2.00 e. The van der Waals surface area contributed by atoms with E-state index in [2.05, 4.69) is 0 Å². The van der Waals surface area contributed by atoms with Crippen LogP contribution in [0.4, 0.5) is 0 Å². The van der Waals surface area contributed by atoms with Crippen molar-refractivity contribution in [1.29, 1.82) is 0 Å². The largest absolute Gasteiger partial charge is 2.00 e. The van der Waals surface area contributed by atoms with Gasteiger partial charge in [0.05, 0.1) is 23.9 Å². The van der Waals surface area contributed by atoms with Gasteiger partial charge < -0.3 is 39.6 Å². The summed E-state index contributed by atoms with van der Waals surface area (Å²) in [5, 5.41) is 41.6. The van der Waals surface area contributed by atoms with E-state index in [1.807, 2.05) is 0 Å². The van der Waals surface area contributed by atoms with Crippen LogP contribution in [0.25, 0.3) is 0 Å². The van der Waals surface area contributed by atoms with Crippen molar-refractivity contribution in [2.75, 3.05) is 39.3 Å². The molecule has 10 nitrogen and oxygen atoms in total. The molecule has 0 atom stereocenters. The fourth-order valence-corrected chi connectivity index (χ4v) is 1.44. The van der Waals surface area contributed by atoms with Crippen LogP contribution in [0.15, 0.2) is 0 Å². The van der Waals surface area contributed by atoms with Crippen LogP contribution in [0, 0.1) is 0 Å². The van der Waals surface area contributed by atoms with Gasteiger partial charge >= 0.3 is 70.9 Å². The molecule has 0 aromatic heterocycles. The normalized spacial score (nSPS) is 9.73. The summed E-state index contributed by atoms with van der Waals surface area (Å²) in [4.78, 5) is 43.4. The first-order chi connectivity index (χ1) is 9.20. The molecule has 0 aromatic rings. The molecule has 0 amide bonds. The van der Waals surface area contributed by atoms with Gasteiger partial charge in [0.25, 0.3) is 0 Å². The maximum absolute atomic E-state index is 10.4. The number of hydrogen-bond donors (Lipinski definition) is 0. The number of rotatable bonds is 11. The van der Waals surface area contributed by atoms with Crippen LogP contribution in [0.2, 0.25) is 0 Å². The minimum Gasteiger partial charge on any atom is -0.549 e. The number of carbonyl (C=O) groups is 4. The molecule has 0 unspecified atom stereocenters. The van der Waals surface area contributed by atoms with E-state index in [1.165, 1.54) is 0 Å². The van der Waals surface area contributed by atoms with Gasteiger partial charge in [-0.2, -0.15) is 0 Å². The summed E-state index contributed by atoms with van der Waals surface area (Å²) >= 11 is 0. The van der Waals surface area contributed by atoms with E-state index in [1.54, 1.807) is 0 Å². The molecule has 0 aliphatic carbocycles. The van der Waals surface area contributed by atoms with Crippen molar-refractivity contribution in [3.05, 3.63) is 0 Å². The number of aliphatic carboxylic acids is 4. The molecule has 0 aliphatic heterocycles. The van der Waals surface area contributed by atoms with Gasteiger partial charge in [-0.25, -0.2) is 0 Å². The molecule has 0 saturated carbocycles. The van der Waals surface area contributed by atoms with Gasteiger partial charge in [0, 0.05) is 39.3 Å². The molecular weight excluding hydrogens is 381 g/mol. The smallest absolute Gasteiger partial charge is 0.549 e. The zero-order valence-electron chi connectivity index (χ0n) is 12.1. The van der Waals surface area contributed by atoms with Gasteiger partial charge in [-0.05, 0) is 0 Å². The summed E-state index contributed by atoms with van der Waals surface area (Å²) in [5.41, 5.74) is 0. The summed E-state index contributed by atoms with van der Waals surface area (Å²) in [6.45, 7) is -3.25. The molecule has 0 fully saturated rings. The zero-order chi connectivity index (χ0) is 15.7. The van der Waals surface area contributed by atoms with E-state index in [9.17, 15) is 39.6 Å². The molecule has 114 valence electrons. The van der Waals surface area contributed by atoms with E-state index >= 15 is 0 Å². The van der Waals surface area contributed by atoms with Gasteiger partial charge in [0.1, 0.15) is 0 Å². The quantitative estimate of drug-likeness (QED) is 0.308. The molecule has 0 aliphatic rings. The minimum absolute atomic E-state index is 0. The first-order valence-electron chi connectivity index (χ1n) is 5.44. The second-order valence-corrected chi connectivity index (χ2v) is 3.91. The zero-order valence-corrected chi connectivity index (χ0v) is 18.2. The monoisotopic (exact) mass is 391 g/mol. The number of hydrogen-bond acceptors (Lipinski definition) is 10. The Morgan fingerprint density at radius 1 is 0.591 bits per heavy atom. The molecule has 0 N–H and O–H groups in total. The van der Waals surface area contributed by atoms with Crippen LogP contribution in [0.3, 0.4) is 0 Å². The number of carbonyl (C=O) groups excluding carboxylic acids is 4. The van der Waals surface area contributed by atoms with E-state index in [4.69, 9.17) is 0 Å². The molecule has 22 heavy (non-hydrogen) atoms. The molecule has 0 bridgehead atoms. The molecule has 0 spiro atoms. The minimum atomic E-state index is -1.53. The number of carboxylic acid groups (broad SMARTS) is 4. The Morgan fingerprint density at radius 3 is 0.909 bits per heavy atom. The second kappa shape index (κ2) is 14.6. The third-order valence-corrected chi connectivity index (χ3v) is 2.14. The predicted molar refractivity (Wildman–Crippen MR) is 52.9 cm³/mol. The van der Waals surface area contributed by atoms with E-state index < -0.39 is 50.1 Å². The third kappa shape index (κ3) is 16.4. The predicted octanol–water partition coefficient (Wildman–Crippen LogP) is -10.4. The van der Waals surface area contributed by atoms with Crippen LogP contribution >= 0.6 is 0 Å². The van der Waals surface area contributed by atoms with Crippen LogP contribution < -0.4 is 71.8 Å². The van der Waals surface area contributed by atoms with Crippen molar-refractivity contribution >= 4 is 23.9 Å². The molecule has 0 rings (SSSR count). The van der Waals surface area contributed by atoms with Crippen molar-refractivity contribution < 1.29 is 110 Å². The van der Waals surface area contributed by atoms with Crippen LogP contribution in [0.1, 0.15) is 0 Å². The van der Waals surface area contributed by atoms with Gasteiger partial charge in [-0.15, -0.1) is 0 Å². The first-order valence-corrected chi connectivity index (χ1v) is 5.44. The second-order valence-electron chi connectivity index (χ2n) is 3.91. The topological polar surface area (TPSA) is 167 Å². The SMILES string of the molecule is O=C([O-])CN(CCN(CC(=O)[O-])CC(=O)[O-])CC(=O)[O-].[K+].[Zn+2]. The molecule has 0 aromatic carbocycles. The Labute approximate surface area is 181 Å². The van der Waals surface area contributed by atoms with E-state index in [0.717, 1.165) is 9.80 Å². The summed E-state index contributed by atoms with van der Waals surface area (Å²) < 4.78 is 0. The fourth-order valence-electron chi connectivity index (χ4n) is 1.44. The Kier molecular flexibility index (Phi) is 17.9. The van der Waals surface area contributed by atoms with Crippen molar-refractivity contribution in [2.45, 2.75) is 0 Å². The molecule has 0 saturated heterocycles. The van der Waals surface area contributed by atoms with Gasteiger partial charge in [0.2, 0.25) is 0 Å². The summed E-state index contributed by atoms with van der Waals surface area (Å²) in [5.74, 6) is -6.12. The Bertz CT molecular complexity index is 327. The van der Waals surface area contributed by atoms with Crippen LogP contribution in [-0.4, -0.2) is 72.9 Å². The van der Waals surface area contributed by atoms with Crippen LogP contribution in [-0.2, 0) is 38.7 Å². The Balaban J connectivity index is -0.00000180. The average molecular weight is 393 g/mol. The van der Waals surface area contributed by atoms with E-state index in [-0.39, 0.29) is 84.0 Å². The fraction of sp³-hybridized carbons (Fsp3) is 0.600. The van der Waals surface area contributed by atoms with Gasteiger partial charge in [0.15, 0.2) is 0 Å². The molecule has 0 heterocycles. The van der Waals surface area contributed by atoms with E-state index in [0.29, 0.717) is 0 Å². The first kappa shape index (κ1) is 26.9. The molecular formula is C10H12KN2O8Zn-. The molecule has 0 radical (unpaired) electrons. The third-order valence-electron chi connectivity index (χ3n) is 2.14. The van der Waals surface area contributed by atoms with Gasteiger partial charge in [-0.3, -0.25) is 9.80 Å². The summed E-state index contributed by atoms with van der Waals surface area (Å²) in [7, 11) is 0. The van der Waals surface area contributed by atoms with Gasteiger partial charge in [-0.1, -0.05) is 0 Å². The summed E-state index contributed by atoms with van der Waals surface area (Å²) in [6, 6.07) is 0. The Hall–Kier alpha value is 0.0597. The Morgan fingerprint density at radius 2 is 0.773 bits per heavy atom. The maximum atomic E-state index is 10.4. The standard InChI is InChI=1S/C10H16N2O8.K.Zn/c13-7(14)3-11(4-8(15)16)1-2-12(5-9(17)18)6-10(19)20;;/h1-6H2,(H,13,14)(H,15,16)(H,17,18)(H,19,20);;/q;+1;+2/p-4. The van der Waals surface area contributed by atoms with Crippen LogP contribution in [0.5, 0.6) is 0 Å². The van der Waals surface area contributed by atoms with Crippen molar-refractivity contribution in [2.24, 2.45) is 0 Å². The molecule has 12 heteroatoms. The van der Waals surface area contributed by atoms with Crippen molar-refractivity contribution in [3.63, 3.8) is 0 Å². The number of nitrogens with zero attached hydrogens (tertiary/aromatic N) is 2. The number of carboxylic acids is 4. The average Bonchev–Trinajstić information content (AvgIpc) is 2.22. The van der Waals surface area contributed by atoms with Crippen molar-refractivity contribution in [1.82, 2.24) is 9.80 Å². The summed E-state index contributed by atoms with van der Waals surface area (Å²) in [6.07, 6.45) is 0. The van der Waals surface area contributed by atoms with Crippen molar-refractivity contribution in [3.8, 4) is 0 Å².